The first-order chi connectivity index (χ1) is 6.62. The number of hydrogen-bond acceptors (Lipinski definition) is 3. The molecule has 0 radical (unpaired) electrons. The van der Waals surface area contributed by atoms with E-state index in [0.717, 1.165) is 11.5 Å². The molecule has 14 heavy (non-hydrogen) atoms. The third-order valence-corrected chi connectivity index (χ3v) is 2.61. The molecular formula is C11H14O3. The zero-order valence-electron chi connectivity index (χ0n) is 8.50. The van der Waals surface area contributed by atoms with Gasteiger partial charge in [-0.3, -0.25) is 4.79 Å². The molecule has 0 unspecified atom stereocenters. The lowest BCUT2D eigenvalue weighted by Gasteiger charge is -2.39. The highest BCUT2D eigenvalue weighted by Crippen LogP contribution is 2.36. The van der Waals surface area contributed by atoms with E-state index in [4.69, 9.17) is 9.15 Å². The van der Waals surface area contributed by atoms with E-state index in [1.165, 1.54) is 0 Å². The second-order valence-corrected chi connectivity index (χ2v) is 4.06. The third-order valence-electron chi connectivity index (χ3n) is 2.61. The van der Waals surface area contributed by atoms with Crippen molar-refractivity contribution in [1.82, 2.24) is 0 Å². The van der Waals surface area contributed by atoms with E-state index >= 15 is 0 Å². The number of furan rings is 1. The number of ketones is 1. The van der Waals surface area contributed by atoms with Crippen LogP contribution in [0.25, 0.3) is 0 Å². The molecule has 0 bridgehead atoms. The molecule has 0 N–H and O–H groups in total. The second kappa shape index (κ2) is 3.24. The Kier molecular flexibility index (Phi) is 2.19. The van der Waals surface area contributed by atoms with Crippen molar-refractivity contribution in [2.75, 3.05) is 13.2 Å². The van der Waals surface area contributed by atoms with Crippen LogP contribution in [0.5, 0.6) is 0 Å². The average molecular weight is 194 g/mol. The van der Waals surface area contributed by atoms with Crippen molar-refractivity contribution in [3.63, 3.8) is 0 Å². The molecule has 1 aliphatic heterocycles. The second-order valence-electron chi connectivity index (χ2n) is 4.06. The normalized spacial score (nSPS) is 19.0. The number of aryl methyl sites for hydroxylation is 1. The number of carbonyl (C=O) groups is 1. The molecule has 0 amide bonds. The molecule has 0 spiro atoms. The van der Waals surface area contributed by atoms with Gasteiger partial charge in [0.05, 0.1) is 18.6 Å². The van der Waals surface area contributed by atoms with Crippen molar-refractivity contribution in [3.8, 4) is 0 Å². The average Bonchev–Trinajstić information content (AvgIpc) is 2.44. The number of hydrogen-bond donors (Lipinski definition) is 0. The summed E-state index contributed by atoms with van der Waals surface area (Å²) in [6, 6.07) is 3.87. The summed E-state index contributed by atoms with van der Waals surface area (Å²) in [6.07, 6.45) is 0.514. The fourth-order valence-corrected chi connectivity index (χ4v) is 1.88. The predicted molar refractivity (Wildman–Crippen MR) is 51.2 cm³/mol. The quantitative estimate of drug-likeness (QED) is 0.737. The highest BCUT2D eigenvalue weighted by atomic mass is 16.5. The fourth-order valence-electron chi connectivity index (χ4n) is 1.88. The van der Waals surface area contributed by atoms with E-state index in [1.807, 2.05) is 19.1 Å². The summed E-state index contributed by atoms with van der Waals surface area (Å²) in [7, 11) is 0. The molecule has 1 aliphatic rings. The van der Waals surface area contributed by atoms with Crippen LogP contribution < -0.4 is 0 Å². The molecule has 1 aromatic heterocycles. The molecule has 3 heteroatoms. The van der Waals surface area contributed by atoms with Gasteiger partial charge in [0.2, 0.25) is 0 Å². The summed E-state index contributed by atoms with van der Waals surface area (Å²) in [5, 5.41) is 0. The maximum Gasteiger partial charge on any atom is 0.131 e. The Morgan fingerprint density at radius 3 is 2.57 bits per heavy atom. The van der Waals surface area contributed by atoms with Crippen LogP contribution in [0.4, 0.5) is 0 Å². The van der Waals surface area contributed by atoms with Gasteiger partial charge in [-0.15, -0.1) is 0 Å². The van der Waals surface area contributed by atoms with Gasteiger partial charge in [-0.25, -0.2) is 0 Å². The van der Waals surface area contributed by atoms with Crippen LogP contribution in [0.15, 0.2) is 16.5 Å². The maximum atomic E-state index is 11.1. The van der Waals surface area contributed by atoms with Crippen molar-refractivity contribution in [2.24, 2.45) is 0 Å². The van der Waals surface area contributed by atoms with Gasteiger partial charge in [0, 0.05) is 6.42 Å². The van der Waals surface area contributed by atoms with Gasteiger partial charge in [-0.2, -0.15) is 0 Å². The lowest BCUT2D eigenvalue weighted by Crippen LogP contribution is -2.47. The highest BCUT2D eigenvalue weighted by molar-refractivity contribution is 5.77. The molecule has 1 saturated heterocycles. The van der Waals surface area contributed by atoms with E-state index in [9.17, 15) is 4.79 Å². The van der Waals surface area contributed by atoms with Crippen LogP contribution in [-0.4, -0.2) is 19.0 Å². The van der Waals surface area contributed by atoms with E-state index in [-0.39, 0.29) is 11.2 Å². The van der Waals surface area contributed by atoms with Gasteiger partial charge in [-0.05, 0) is 26.0 Å². The maximum absolute atomic E-state index is 11.1. The lowest BCUT2D eigenvalue weighted by atomic mass is 9.79. The van der Waals surface area contributed by atoms with Gasteiger partial charge >= 0.3 is 0 Å². The van der Waals surface area contributed by atoms with Crippen LogP contribution in [0.1, 0.15) is 24.9 Å². The molecule has 1 aromatic rings. The van der Waals surface area contributed by atoms with Crippen LogP contribution in [0.3, 0.4) is 0 Å². The third kappa shape index (κ3) is 1.48. The first-order valence-electron chi connectivity index (χ1n) is 4.76. The molecule has 0 saturated carbocycles. The van der Waals surface area contributed by atoms with E-state index in [0.29, 0.717) is 19.6 Å². The summed E-state index contributed by atoms with van der Waals surface area (Å²) in [5.41, 5.74) is -0.180. The first kappa shape index (κ1) is 9.46. The molecule has 2 heterocycles. The molecule has 0 atom stereocenters. The van der Waals surface area contributed by atoms with Gasteiger partial charge in [0.1, 0.15) is 17.3 Å². The van der Waals surface area contributed by atoms with Crippen molar-refractivity contribution in [1.29, 1.82) is 0 Å². The van der Waals surface area contributed by atoms with Crippen LogP contribution in [-0.2, 0) is 14.9 Å². The topological polar surface area (TPSA) is 39.4 Å². The summed E-state index contributed by atoms with van der Waals surface area (Å²) in [5.74, 6) is 1.95. The van der Waals surface area contributed by atoms with Gasteiger partial charge < -0.3 is 9.15 Å². The van der Waals surface area contributed by atoms with E-state index in [2.05, 4.69) is 0 Å². The van der Waals surface area contributed by atoms with E-state index < -0.39 is 0 Å². The smallest absolute Gasteiger partial charge is 0.131 e. The number of Topliss-reactive ketones (excluding diaryl/α,β-unsaturated/α-hetero) is 1. The number of ether oxygens (including phenoxy) is 1. The van der Waals surface area contributed by atoms with Crippen molar-refractivity contribution >= 4 is 5.78 Å². The van der Waals surface area contributed by atoms with Crippen molar-refractivity contribution in [2.45, 2.75) is 25.7 Å². The first-order valence-corrected chi connectivity index (χ1v) is 4.76. The molecule has 76 valence electrons. The molecule has 0 aliphatic carbocycles. The minimum atomic E-state index is -0.180. The van der Waals surface area contributed by atoms with E-state index in [1.54, 1.807) is 6.92 Å². The predicted octanol–water partition coefficient (Wildman–Crippen LogP) is 1.84. The Balaban J connectivity index is 2.24. The zero-order valence-corrected chi connectivity index (χ0v) is 8.50. The Hall–Kier alpha value is -1.09. The molecule has 3 nitrogen and oxygen atoms in total. The fraction of sp³-hybridized carbons (Fsp3) is 0.545. The Morgan fingerprint density at radius 2 is 2.21 bits per heavy atom. The van der Waals surface area contributed by atoms with Gasteiger partial charge in [-0.1, -0.05) is 0 Å². The van der Waals surface area contributed by atoms with Crippen LogP contribution in [0.2, 0.25) is 0 Å². The number of rotatable bonds is 3. The van der Waals surface area contributed by atoms with Crippen LogP contribution in [0, 0.1) is 6.92 Å². The molecule has 1 fully saturated rings. The number of carbonyl (C=O) groups excluding carboxylic acids is 1. The monoisotopic (exact) mass is 194 g/mol. The molecular weight excluding hydrogens is 180 g/mol. The zero-order chi connectivity index (χ0) is 10.2. The summed E-state index contributed by atoms with van der Waals surface area (Å²) in [6.45, 7) is 4.71. The molecule has 2 rings (SSSR count). The highest BCUT2D eigenvalue weighted by Gasteiger charge is 2.43. The van der Waals surface area contributed by atoms with Gasteiger partial charge in [0.25, 0.3) is 0 Å². The van der Waals surface area contributed by atoms with Crippen molar-refractivity contribution < 1.29 is 13.9 Å². The standard InChI is InChI=1S/C11H14O3/c1-8(12)5-11(6-13-7-11)10-4-3-9(2)14-10/h3-4H,5-7H2,1-2H3. The van der Waals surface area contributed by atoms with Gasteiger partial charge in [0.15, 0.2) is 0 Å². The Labute approximate surface area is 83.0 Å². The summed E-state index contributed by atoms with van der Waals surface area (Å²) < 4.78 is 10.8. The summed E-state index contributed by atoms with van der Waals surface area (Å²) in [4.78, 5) is 11.1. The Bertz CT molecular complexity index is 347. The lowest BCUT2D eigenvalue weighted by molar-refractivity contribution is -0.126. The minimum absolute atomic E-state index is 0.180. The van der Waals surface area contributed by atoms with Crippen LogP contribution >= 0.6 is 0 Å². The minimum Gasteiger partial charge on any atom is -0.466 e. The van der Waals surface area contributed by atoms with Crippen molar-refractivity contribution in [3.05, 3.63) is 23.7 Å². The molecule has 0 aromatic carbocycles. The summed E-state index contributed by atoms with van der Waals surface area (Å²) >= 11 is 0. The largest absolute Gasteiger partial charge is 0.466 e. The Morgan fingerprint density at radius 1 is 1.50 bits per heavy atom. The SMILES string of the molecule is CC(=O)CC1(c2ccc(C)o2)COC1.